The van der Waals surface area contributed by atoms with Gasteiger partial charge in [0.25, 0.3) is 10.0 Å². The van der Waals surface area contributed by atoms with E-state index < -0.39 is 36.6 Å². The second-order valence-corrected chi connectivity index (χ2v) is 15.3. The molecular formula is C31H33F2N5O6S2. The summed E-state index contributed by atoms with van der Waals surface area (Å²) < 4.78 is 95.8. The zero-order valence-corrected chi connectivity index (χ0v) is 26.9. The number of benzene rings is 2. The van der Waals surface area contributed by atoms with E-state index in [1.165, 1.54) is 25.7 Å². The molecule has 0 amide bonds. The quantitative estimate of drug-likeness (QED) is 0.254. The third-order valence-corrected chi connectivity index (χ3v) is 12.3. The number of hydrogen-bond donors (Lipinski definition) is 1. The Kier molecular flexibility index (Phi) is 8.83. The van der Waals surface area contributed by atoms with Crippen LogP contribution in [0.4, 0.5) is 14.5 Å². The van der Waals surface area contributed by atoms with Gasteiger partial charge in [-0.25, -0.2) is 44.9 Å². The summed E-state index contributed by atoms with van der Waals surface area (Å²) in [6, 6.07) is 7.25. The minimum Gasteiger partial charge on any atom is -0.488 e. The zero-order chi connectivity index (χ0) is 32.6. The predicted molar refractivity (Wildman–Crippen MR) is 168 cm³/mol. The van der Waals surface area contributed by atoms with Gasteiger partial charge in [-0.3, -0.25) is 4.72 Å². The van der Waals surface area contributed by atoms with Crippen molar-refractivity contribution in [2.45, 2.75) is 61.7 Å². The van der Waals surface area contributed by atoms with E-state index in [0.717, 1.165) is 25.0 Å². The van der Waals surface area contributed by atoms with Gasteiger partial charge < -0.3 is 9.47 Å². The maximum atomic E-state index is 14.4. The molecule has 1 aliphatic heterocycles. The first kappa shape index (κ1) is 32.0. The van der Waals surface area contributed by atoms with Gasteiger partial charge in [-0.1, -0.05) is 12.8 Å². The summed E-state index contributed by atoms with van der Waals surface area (Å²) in [7, 11) is -6.51. The molecule has 0 bridgehead atoms. The minimum atomic E-state index is -4.48. The van der Waals surface area contributed by atoms with Crippen LogP contribution in [0, 0.1) is 18.6 Å². The van der Waals surface area contributed by atoms with Gasteiger partial charge in [0.1, 0.15) is 45.9 Å². The lowest BCUT2D eigenvalue weighted by molar-refractivity contribution is 0.136. The van der Waals surface area contributed by atoms with Crippen LogP contribution in [0.5, 0.6) is 11.6 Å². The van der Waals surface area contributed by atoms with E-state index in [-0.39, 0.29) is 22.9 Å². The highest BCUT2D eigenvalue weighted by Gasteiger charge is 2.36. The molecule has 6 rings (SSSR count). The molecule has 0 radical (unpaired) electrons. The number of rotatable bonds is 9. The van der Waals surface area contributed by atoms with Gasteiger partial charge in [0, 0.05) is 42.0 Å². The maximum Gasteiger partial charge on any atom is 0.264 e. The molecule has 0 spiro atoms. The Labute approximate surface area is 266 Å². The van der Waals surface area contributed by atoms with Gasteiger partial charge in [-0.15, -0.1) is 0 Å². The molecule has 1 N–H and O–H groups in total. The Morgan fingerprint density at radius 3 is 2.35 bits per heavy atom. The Hall–Kier alpha value is -3.95. The highest BCUT2D eigenvalue weighted by molar-refractivity contribution is 7.92. The first-order valence-electron chi connectivity index (χ1n) is 14.9. The van der Waals surface area contributed by atoms with E-state index in [2.05, 4.69) is 19.7 Å². The molecule has 2 aromatic heterocycles. The van der Waals surface area contributed by atoms with E-state index in [1.807, 2.05) is 13.0 Å². The fourth-order valence-corrected chi connectivity index (χ4v) is 9.21. The number of ether oxygens (including phenoxy) is 2. The largest absolute Gasteiger partial charge is 0.488 e. The average molecular weight is 674 g/mol. The smallest absolute Gasteiger partial charge is 0.264 e. The first-order valence-corrected chi connectivity index (χ1v) is 17.9. The summed E-state index contributed by atoms with van der Waals surface area (Å²) in [6.07, 6.45) is 7.01. The molecule has 2 fully saturated rings. The highest BCUT2D eigenvalue weighted by atomic mass is 32.2. The van der Waals surface area contributed by atoms with Crippen LogP contribution in [0.15, 0.2) is 53.8 Å². The predicted octanol–water partition coefficient (Wildman–Crippen LogP) is 5.20. The molecule has 3 heterocycles. The SMILES string of the molecule is COc1ncc(-c2cc(OC3CCN(S(=O)(=O)C4CCCC4)CC3)c3ncnc(C)c3c2)cc1NS(=O)(=O)c1ccc(F)cc1F. The molecule has 11 nitrogen and oxygen atoms in total. The number of aryl methyl sites for hydroxylation is 1. The molecule has 2 aliphatic rings. The lowest BCUT2D eigenvalue weighted by Crippen LogP contribution is -2.45. The van der Waals surface area contributed by atoms with Gasteiger partial charge in [0.15, 0.2) is 0 Å². The molecular weight excluding hydrogens is 641 g/mol. The van der Waals surface area contributed by atoms with Gasteiger partial charge in [-0.2, -0.15) is 0 Å². The van der Waals surface area contributed by atoms with Crippen molar-refractivity contribution in [2.24, 2.45) is 0 Å². The Morgan fingerprint density at radius 1 is 0.913 bits per heavy atom. The number of nitrogens with zero attached hydrogens (tertiary/aromatic N) is 4. The van der Waals surface area contributed by atoms with E-state index in [1.54, 1.807) is 10.4 Å². The molecule has 46 heavy (non-hydrogen) atoms. The van der Waals surface area contributed by atoms with Crippen LogP contribution in [-0.2, 0) is 20.0 Å². The molecule has 4 aromatic rings. The van der Waals surface area contributed by atoms with Gasteiger partial charge in [0.05, 0.1) is 12.4 Å². The standard InChI is InChI=1S/C31H33F2N5O6S2/c1-19-25-13-20(21-14-27(31(43-2)34-17-21)37-45(39,40)29-8-7-22(32)16-26(29)33)15-28(30(25)36-18-35-19)44-23-9-11-38(12-10-23)46(41,42)24-5-3-4-6-24/h7-8,13-18,23-24,37H,3-6,9-12H2,1-2H3. The maximum absolute atomic E-state index is 14.4. The van der Waals surface area contributed by atoms with Crippen LogP contribution in [0.25, 0.3) is 22.0 Å². The lowest BCUT2D eigenvalue weighted by Gasteiger charge is -2.33. The number of sulfonamides is 2. The van der Waals surface area contributed by atoms with E-state index >= 15 is 0 Å². The number of fused-ring (bicyclic) bond motifs is 1. The number of piperidine rings is 1. The van der Waals surface area contributed by atoms with Crippen LogP contribution in [-0.4, -0.2) is 67.6 Å². The Balaban J connectivity index is 1.30. The van der Waals surface area contributed by atoms with Gasteiger partial charge >= 0.3 is 0 Å². The minimum absolute atomic E-state index is 0.0639. The van der Waals surface area contributed by atoms with Crippen LogP contribution >= 0.6 is 0 Å². The number of pyridine rings is 1. The van der Waals surface area contributed by atoms with E-state index in [9.17, 15) is 25.6 Å². The number of nitrogens with one attached hydrogen (secondary N) is 1. The van der Waals surface area contributed by atoms with E-state index in [4.69, 9.17) is 9.47 Å². The number of halogens is 2. The number of hydrogen-bond acceptors (Lipinski definition) is 9. The second-order valence-electron chi connectivity index (χ2n) is 11.5. The van der Waals surface area contributed by atoms with Crippen LogP contribution in [0.2, 0.25) is 0 Å². The fraction of sp³-hybridized carbons (Fsp3) is 0.387. The van der Waals surface area contributed by atoms with Crippen LogP contribution in [0.3, 0.4) is 0 Å². The Bertz CT molecular complexity index is 2000. The molecule has 1 saturated carbocycles. The van der Waals surface area contributed by atoms with Crippen molar-refractivity contribution in [2.75, 3.05) is 24.9 Å². The summed E-state index contributed by atoms with van der Waals surface area (Å²) in [4.78, 5) is 12.3. The fourth-order valence-electron chi connectivity index (χ4n) is 6.04. The molecule has 244 valence electrons. The van der Waals surface area contributed by atoms with E-state index in [0.29, 0.717) is 78.3 Å². The summed E-state index contributed by atoms with van der Waals surface area (Å²) in [6.45, 7) is 2.57. The first-order chi connectivity index (χ1) is 22.0. The molecule has 2 aromatic carbocycles. The molecule has 15 heteroatoms. The monoisotopic (exact) mass is 673 g/mol. The van der Waals surface area contributed by atoms with Crippen molar-refractivity contribution in [3.63, 3.8) is 0 Å². The zero-order valence-electron chi connectivity index (χ0n) is 25.2. The summed E-state index contributed by atoms with van der Waals surface area (Å²) >= 11 is 0. The molecule has 1 saturated heterocycles. The molecule has 0 unspecified atom stereocenters. The topological polar surface area (TPSA) is 141 Å². The van der Waals surface area contributed by atoms with Crippen molar-refractivity contribution in [3.8, 4) is 22.8 Å². The third kappa shape index (κ3) is 6.35. The number of anilines is 1. The van der Waals surface area contributed by atoms with Crippen molar-refractivity contribution in [3.05, 3.63) is 66.3 Å². The Morgan fingerprint density at radius 2 is 1.65 bits per heavy atom. The molecule has 0 atom stereocenters. The molecule has 1 aliphatic carbocycles. The average Bonchev–Trinajstić information content (AvgIpc) is 3.58. The summed E-state index contributed by atoms with van der Waals surface area (Å²) in [5, 5.41) is 0.398. The van der Waals surface area contributed by atoms with Crippen LogP contribution in [0.1, 0.15) is 44.2 Å². The normalized spacial score (nSPS) is 17.0. The summed E-state index contributed by atoms with van der Waals surface area (Å²) in [5.41, 5.74) is 2.27. The third-order valence-electron chi connectivity index (χ3n) is 8.49. The summed E-state index contributed by atoms with van der Waals surface area (Å²) in [5.74, 6) is -1.76. The number of methoxy groups -OCH3 is 1. The van der Waals surface area contributed by atoms with Crippen LogP contribution < -0.4 is 14.2 Å². The van der Waals surface area contributed by atoms with Crippen molar-refractivity contribution in [1.29, 1.82) is 0 Å². The van der Waals surface area contributed by atoms with Crippen molar-refractivity contribution >= 4 is 36.6 Å². The van der Waals surface area contributed by atoms with Gasteiger partial charge in [-0.05, 0) is 68.5 Å². The number of aromatic nitrogens is 3. The second kappa shape index (κ2) is 12.7. The van der Waals surface area contributed by atoms with Gasteiger partial charge in [0.2, 0.25) is 15.9 Å². The highest BCUT2D eigenvalue weighted by Crippen LogP contribution is 2.37. The van der Waals surface area contributed by atoms with Crippen molar-refractivity contribution < 1.29 is 35.1 Å². The lowest BCUT2D eigenvalue weighted by atomic mass is 10.0. The van der Waals surface area contributed by atoms with Crippen molar-refractivity contribution in [1.82, 2.24) is 19.3 Å².